The average molecular weight is 381 g/mol. The van der Waals surface area contributed by atoms with Crippen LogP contribution in [-0.2, 0) is 6.54 Å². The molecule has 0 aliphatic rings. The summed E-state index contributed by atoms with van der Waals surface area (Å²) >= 11 is 0. The highest BCUT2D eigenvalue weighted by Crippen LogP contribution is 2.19. The number of hydrogen-bond acceptors (Lipinski definition) is 5. The second kappa shape index (κ2) is 7.47. The molecule has 0 aliphatic heterocycles. The SMILES string of the molecule is CCn1c(C)nc2cc(C(=O)NNC(=O)c3ccc(C)c([N+](=O)[O-])c3)ccc21. The summed E-state index contributed by atoms with van der Waals surface area (Å²) in [5.74, 6) is -0.312. The van der Waals surface area contributed by atoms with Crippen LogP contribution < -0.4 is 10.9 Å². The van der Waals surface area contributed by atoms with E-state index in [1.165, 1.54) is 18.2 Å². The Morgan fingerprint density at radius 2 is 1.68 bits per heavy atom. The van der Waals surface area contributed by atoms with Crippen LogP contribution in [0.1, 0.15) is 39.0 Å². The van der Waals surface area contributed by atoms with Gasteiger partial charge in [0, 0.05) is 29.3 Å². The van der Waals surface area contributed by atoms with Gasteiger partial charge in [-0.25, -0.2) is 4.98 Å². The topological polar surface area (TPSA) is 119 Å². The lowest BCUT2D eigenvalue weighted by Crippen LogP contribution is -2.41. The van der Waals surface area contributed by atoms with Crippen molar-refractivity contribution in [3.63, 3.8) is 0 Å². The third-order valence-electron chi connectivity index (χ3n) is 4.48. The highest BCUT2D eigenvalue weighted by molar-refractivity contribution is 6.00. The fraction of sp³-hybridized carbons (Fsp3) is 0.211. The van der Waals surface area contributed by atoms with E-state index in [9.17, 15) is 19.7 Å². The van der Waals surface area contributed by atoms with Gasteiger partial charge in [-0.15, -0.1) is 0 Å². The molecule has 0 spiro atoms. The maximum absolute atomic E-state index is 12.3. The molecule has 2 amide bonds. The van der Waals surface area contributed by atoms with Crippen molar-refractivity contribution >= 4 is 28.5 Å². The fourth-order valence-electron chi connectivity index (χ4n) is 3.00. The van der Waals surface area contributed by atoms with Crippen molar-refractivity contribution < 1.29 is 14.5 Å². The summed E-state index contributed by atoms with van der Waals surface area (Å²) in [4.78, 5) is 39.4. The van der Waals surface area contributed by atoms with E-state index >= 15 is 0 Å². The van der Waals surface area contributed by atoms with Crippen molar-refractivity contribution in [1.82, 2.24) is 20.4 Å². The van der Waals surface area contributed by atoms with Crippen LogP contribution in [0.25, 0.3) is 11.0 Å². The Balaban J connectivity index is 1.73. The largest absolute Gasteiger partial charge is 0.329 e. The van der Waals surface area contributed by atoms with Gasteiger partial charge in [0.2, 0.25) is 0 Å². The van der Waals surface area contributed by atoms with Crippen LogP contribution in [0, 0.1) is 24.0 Å². The van der Waals surface area contributed by atoms with Gasteiger partial charge in [-0.3, -0.25) is 30.6 Å². The molecule has 2 N–H and O–H groups in total. The van der Waals surface area contributed by atoms with Gasteiger partial charge >= 0.3 is 0 Å². The molecule has 0 saturated carbocycles. The Labute approximate surface area is 160 Å². The summed E-state index contributed by atoms with van der Waals surface area (Å²) in [6.07, 6.45) is 0. The molecule has 0 atom stereocenters. The normalized spacial score (nSPS) is 10.7. The van der Waals surface area contributed by atoms with Crippen molar-refractivity contribution in [2.75, 3.05) is 0 Å². The van der Waals surface area contributed by atoms with Gasteiger partial charge < -0.3 is 4.57 Å². The number of fused-ring (bicyclic) bond motifs is 1. The molecule has 9 nitrogen and oxygen atoms in total. The van der Waals surface area contributed by atoms with Crippen LogP contribution in [0.4, 0.5) is 5.69 Å². The molecular weight excluding hydrogens is 362 g/mol. The molecular formula is C19H19N5O4. The molecule has 0 radical (unpaired) electrons. The Hall–Kier alpha value is -3.75. The maximum Gasteiger partial charge on any atom is 0.273 e. The minimum Gasteiger partial charge on any atom is -0.329 e. The molecule has 2 aromatic carbocycles. The summed E-state index contributed by atoms with van der Waals surface area (Å²) in [5.41, 5.74) is 6.90. The van der Waals surface area contributed by atoms with Crippen LogP contribution in [0.3, 0.4) is 0 Å². The van der Waals surface area contributed by atoms with Crippen LogP contribution >= 0.6 is 0 Å². The summed E-state index contributed by atoms with van der Waals surface area (Å²) < 4.78 is 2.03. The zero-order chi connectivity index (χ0) is 20.4. The third kappa shape index (κ3) is 3.54. The van der Waals surface area contributed by atoms with Gasteiger partial charge in [-0.1, -0.05) is 6.07 Å². The van der Waals surface area contributed by atoms with Gasteiger partial charge in [0.25, 0.3) is 17.5 Å². The Morgan fingerprint density at radius 3 is 2.29 bits per heavy atom. The quantitative estimate of drug-likeness (QED) is 0.532. The van der Waals surface area contributed by atoms with E-state index in [-0.39, 0.29) is 11.3 Å². The summed E-state index contributed by atoms with van der Waals surface area (Å²) in [5, 5.41) is 11.0. The Bertz CT molecular complexity index is 1100. The van der Waals surface area contributed by atoms with E-state index in [2.05, 4.69) is 15.8 Å². The second-order valence-electron chi connectivity index (χ2n) is 6.27. The van der Waals surface area contributed by atoms with E-state index in [4.69, 9.17) is 0 Å². The van der Waals surface area contributed by atoms with Crippen molar-refractivity contribution in [1.29, 1.82) is 0 Å². The van der Waals surface area contributed by atoms with Crippen molar-refractivity contribution in [2.24, 2.45) is 0 Å². The second-order valence-corrected chi connectivity index (χ2v) is 6.27. The molecule has 0 fully saturated rings. The first-order valence-electron chi connectivity index (χ1n) is 8.64. The van der Waals surface area contributed by atoms with Crippen LogP contribution in [0.5, 0.6) is 0 Å². The summed E-state index contributed by atoms with van der Waals surface area (Å²) in [6.45, 7) is 6.26. The van der Waals surface area contributed by atoms with Gasteiger partial charge in [0.15, 0.2) is 0 Å². The van der Waals surface area contributed by atoms with Gasteiger partial charge in [0.05, 0.1) is 16.0 Å². The number of carbonyl (C=O) groups is 2. The summed E-state index contributed by atoms with van der Waals surface area (Å²) in [6, 6.07) is 9.20. The zero-order valence-electron chi connectivity index (χ0n) is 15.6. The molecule has 0 saturated heterocycles. The molecule has 3 rings (SSSR count). The van der Waals surface area contributed by atoms with Gasteiger partial charge in [-0.2, -0.15) is 0 Å². The van der Waals surface area contributed by atoms with E-state index in [0.29, 0.717) is 16.6 Å². The van der Waals surface area contributed by atoms with Crippen molar-refractivity contribution in [2.45, 2.75) is 27.3 Å². The maximum atomic E-state index is 12.3. The number of amides is 2. The first kappa shape index (κ1) is 19.0. The lowest BCUT2D eigenvalue weighted by atomic mass is 10.1. The van der Waals surface area contributed by atoms with Crippen LogP contribution in [0.2, 0.25) is 0 Å². The fourth-order valence-corrected chi connectivity index (χ4v) is 3.00. The molecule has 3 aromatic rings. The number of imidazole rings is 1. The molecule has 1 heterocycles. The highest BCUT2D eigenvalue weighted by atomic mass is 16.6. The minimum atomic E-state index is -0.649. The minimum absolute atomic E-state index is 0.0744. The summed E-state index contributed by atoms with van der Waals surface area (Å²) in [7, 11) is 0. The number of rotatable bonds is 4. The number of carbonyl (C=O) groups excluding carboxylic acids is 2. The Kier molecular flexibility index (Phi) is 5.08. The third-order valence-corrected chi connectivity index (χ3v) is 4.48. The molecule has 0 aliphatic carbocycles. The molecule has 28 heavy (non-hydrogen) atoms. The molecule has 9 heteroatoms. The van der Waals surface area contributed by atoms with Crippen molar-refractivity contribution in [3.05, 3.63) is 69.0 Å². The van der Waals surface area contributed by atoms with Gasteiger partial charge in [-0.05, 0) is 45.0 Å². The molecule has 144 valence electrons. The van der Waals surface area contributed by atoms with E-state index < -0.39 is 16.7 Å². The number of hydrazine groups is 1. The van der Waals surface area contributed by atoms with Crippen molar-refractivity contribution in [3.8, 4) is 0 Å². The number of aryl methyl sites for hydroxylation is 3. The monoisotopic (exact) mass is 381 g/mol. The molecule has 1 aromatic heterocycles. The number of nitro groups is 1. The highest BCUT2D eigenvalue weighted by Gasteiger charge is 2.16. The smallest absolute Gasteiger partial charge is 0.273 e. The van der Waals surface area contributed by atoms with E-state index in [1.54, 1.807) is 25.1 Å². The molecule has 0 unspecified atom stereocenters. The first-order chi connectivity index (χ1) is 13.3. The molecule has 0 bridgehead atoms. The Morgan fingerprint density at radius 1 is 1.07 bits per heavy atom. The van der Waals surface area contributed by atoms with Crippen LogP contribution in [0.15, 0.2) is 36.4 Å². The van der Waals surface area contributed by atoms with E-state index in [0.717, 1.165) is 17.9 Å². The predicted octanol–water partition coefficient (Wildman–Crippen LogP) is 2.66. The number of nitro benzene ring substituents is 1. The first-order valence-corrected chi connectivity index (χ1v) is 8.64. The predicted molar refractivity (Wildman–Crippen MR) is 103 cm³/mol. The lowest BCUT2D eigenvalue weighted by Gasteiger charge is -2.08. The number of aromatic nitrogens is 2. The number of hydrogen-bond donors (Lipinski definition) is 2. The number of nitrogens with zero attached hydrogens (tertiary/aromatic N) is 3. The average Bonchev–Trinajstić information content (AvgIpc) is 2.99. The van der Waals surface area contributed by atoms with Gasteiger partial charge in [0.1, 0.15) is 5.82 Å². The standard InChI is InChI=1S/C19H19N5O4/c1-4-23-12(3)20-15-9-13(7-8-16(15)23)18(25)21-22-19(26)14-6-5-11(2)17(10-14)24(27)28/h5-10H,4H2,1-3H3,(H,21,25)(H,22,26). The number of nitrogens with one attached hydrogen (secondary N) is 2. The zero-order valence-corrected chi connectivity index (χ0v) is 15.6. The number of benzene rings is 2. The van der Waals surface area contributed by atoms with Crippen LogP contribution in [-0.4, -0.2) is 26.3 Å². The lowest BCUT2D eigenvalue weighted by molar-refractivity contribution is -0.385. The van der Waals surface area contributed by atoms with E-state index in [1.807, 2.05) is 18.4 Å².